The molecule has 3 amide bonds. The van der Waals surface area contributed by atoms with Gasteiger partial charge in [-0.2, -0.15) is 0 Å². The van der Waals surface area contributed by atoms with Crippen LogP contribution in [-0.4, -0.2) is 53.7 Å². The van der Waals surface area contributed by atoms with Crippen molar-refractivity contribution in [3.63, 3.8) is 0 Å². The number of anilines is 1. The number of carbonyl (C=O) groups excluding carboxylic acids is 3. The third-order valence-electron chi connectivity index (χ3n) is 5.78. The van der Waals surface area contributed by atoms with Gasteiger partial charge in [0.15, 0.2) is 0 Å². The molecule has 1 N–H and O–H groups in total. The van der Waals surface area contributed by atoms with Gasteiger partial charge in [-0.25, -0.2) is 0 Å². The van der Waals surface area contributed by atoms with Crippen molar-refractivity contribution in [2.24, 2.45) is 5.92 Å². The molecule has 1 saturated heterocycles. The number of carbonyl (C=O) groups is 3. The Morgan fingerprint density at radius 1 is 1.06 bits per heavy atom. The lowest BCUT2D eigenvalue weighted by Gasteiger charge is -2.34. The maximum Gasteiger partial charge on any atom is 0.253 e. The number of hydrogen-bond acceptors (Lipinski definition) is 3. The molecule has 0 unspecified atom stereocenters. The Labute approximate surface area is 194 Å². The lowest BCUT2D eigenvalue weighted by atomic mass is 9.94. The second kappa shape index (κ2) is 11.1. The summed E-state index contributed by atoms with van der Waals surface area (Å²) < 4.78 is 0. The Balaban J connectivity index is 1.56. The maximum atomic E-state index is 13.2. The average Bonchev–Trinajstić information content (AvgIpc) is 2.80. The van der Waals surface area contributed by atoms with Crippen LogP contribution in [0.15, 0.2) is 48.5 Å². The summed E-state index contributed by atoms with van der Waals surface area (Å²) in [5.74, 6) is -0.431. The summed E-state index contributed by atoms with van der Waals surface area (Å²) in [7, 11) is 0. The van der Waals surface area contributed by atoms with Gasteiger partial charge in [0.05, 0.1) is 6.54 Å². The van der Waals surface area contributed by atoms with Crippen LogP contribution >= 0.6 is 11.6 Å². The molecule has 170 valence electrons. The summed E-state index contributed by atoms with van der Waals surface area (Å²) in [5, 5.41) is 3.50. The van der Waals surface area contributed by atoms with Crippen LogP contribution < -0.4 is 5.32 Å². The molecule has 0 aliphatic carbocycles. The number of rotatable bonds is 7. The monoisotopic (exact) mass is 455 g/mol. The van der Waals surface area contributed by atoms with E-state index in [4.69, 9.17) is 11.6 Å². The van der Waals surface area contributed by atoms with Crippen LogP contribution in [0, 0.1) is 12.8 Å². The van der Waals surface area contributed by atoms with Gasteiger partial charge in [-0.1, -0.05) is 36.7 Å². The summed E-state index contributed by atoms with van der Waals surface area (Å²) in [6, 6.07) is 14.4. The Kier molecular flexibility index (Phi) is 8.28. The molecular formula is C25H30ClN3O3. The Morgan fingerprint density at radius 3 is 2.34 bits per heavy atom. The van der Waals surface area contributed by atoms with Crippen molar-refractivity contribution in [1.29, 1.82) is 0 Å². The van der Waals surface area contributed by atoms with E-state index in [-0.39, 0.29) is 30.2 Å². The summed E-state index contributed by atoms with van der Waals surface area (Å²) >= 11 is 5.90. The molecule has 3 rings (SSSR count). The van der Waals surface area contributed by atoms with E-state index >= 15 is 0 Å². The molecule has 0 spiro atoms. The molecule has 1 heterocycles. The molecule has 6 nitrogen and oxygen atoms in total. The molecule has 2 aromatic rings. The minimum absolute atomic E-state index is 0.00891. The van der Waals surface area contributed by atoms with E-state index in [1.165, 1.54) is 0 Å². The second-order valence-electron chi connectivity index (χ2n) is 8.20. The summed E-state index contributed by atoms with van der Waals surface area (Å²) in [5.41, 5.74) is 2.34. The highest BCUT2D eigenvalue weighted by molar-refractivity contribution is 6.30. The number of nitrogens with one attached hydrogen (secondary N) is 1. The lowest BCUT2D eigenvalue weighted by Crippen LogP contribution is -2.46. The highest BCUT2D eigenvalue weighted by atomic mass is 35.5. The van der Waals surface area contributed by atoms with Crippen LogP contribution in [0.2, 0.25) is 5.02 Å². The molecule has 1 aliphatic rings. The first kappa shape index (κ1) is 23.8. The van der Waals surface area contributed by atoms with E-state index in [1.807, 2.05) is 38.1 Å². The standard InChI is InChI=1S/C25H30ClN3O3/c1-3-14-29(17-23(30)27-22-7-5-4-6-18(22)2)25(32)20-12-15-28(16-13-20)24(31)19-8-10-21(26)11-9-19/h4-11,20H,3,12-17H2,1-2H3,(H,27,30). The molecule has 1 fully saturated rings. The second-order valence-corrected chi connectivity index (χ2v) is 8.63. The maximum absolute atomic E-state index is 13.2. The van der Waals surface area contributed by atoms with E-state index in [0.717, 1.165) is 17.7 Å². The molecule has 32 heavy (non-hydrogen) atoms. The third kappa shape index (κ3) is 6.10. The molecule has 0 saturated carbocycles. The number of piperidine rings is 1. The minimum atomic E-state index is -0.198. The quantitative estimate of drug-likeness (QED) is 0.673. The predicted octanol–water partition coefficient (Wildman–Crippen LogP) is 4.38. The fourth-order valence-corrected chi connectivity index (χ4v) is 4.10. The van der Waals surface area contributed by atoms with Crippen LogP contribution in [0.3, 0.4) is 0 Å². The van der Waals surface area contributed by atoms with Gasteiger partial charge in [0.2, 0.25) is 11.8 Å². The molecule has 0 bridgehead atoms. The van der Waals surface area contributed by atoms with Crippen LogP contribution in [0.25, 0.3) is 0 Å². The van der Waals surface area contributed by atoms with E-state index in [2.05, 4.69) is 5.32 Å². The van der Waals surface area contributed by atoms with Gasteiger partial charge in [0.1, 0.15) is 0 Å². The van der Waals surface area contributed by atoms with E-state index in [1.54, 1.807) is 34.1 Å². The minimum Gasteiger partial charge on any atom is -0.339 e. The number of amides is 3. The highest BCUT2D eigenvalue weighted by Gasteiger charge is 2.31. The lowest BCUT2D eigenvalue weighted by molar-refractivity contribution is -0.139. The van der Waals surface area contributed by atoms with Crippen molar-refractivity contribution < 1.29 is 14.4 Å². The van der Waals surface area contributed by atoms with Crippen LogP contribution in [0.5, 0.6) is 0 Å². The van der Waals surface area contributed by atoms with Gasteiger partial charge < -0.3 is 15.1 Å². The van der Waals surface area contributed by atoms with E-state index in [9.17, 15) is 14.4 Å². The number of halogens is 1. The van der Waals surface area contributed by atoms with Gasteiger partial charge >= 0.3 is 0 Å². The molecule has 0 atom stereocenters. The van der Waals surface area contributed by atoms with Gasteiger partial charge in [-0.05, 0) is 62.1 Å². The van der Waals surface area contributed by atoms with Crippen LogP contribution in [-0.2, 0) is 9.59 Å². The highest BCUT2D eigenvalue weighted by Crippen LogP contribution is 2.22. The van der Waals surface area contributed by atoms with E-state index < -0.39 is 0 Å². The SMILES string of the molecule is CCCN(CC(=O)Nc1ccccc1C)C(=O)C1CCN(C(=O)c2ccc(Cl)cc2)CC1. The van der Waals surface area contributed by atoms with Crippen LogP contribution in [0.1, 0.15) is 42.1 Å². The smallest absolute Gasteiger partial charge is 0.253 e. The number of aryl methyl sites for hydroxylation is 1. The predicted molar refractivity (Wildman–Crippen MR) is 127 cm³/mol. The van der Waals surface area contributed by atoms with Crippen molar-refractivity contribution in [3.8, 4) is 0 Å². The zero-order chi connectivity index (χ0) is 23.1. The number of nitrogens with zero attached hydrogens (tertiary/aromatic N) is 2. The topological polar surface area (TPSA) is 69.7 Å². The normalized spacial score (nSPS) is 14.2. The summed E-state index contributed by atoms with van der Waals surface area (Å²) in [6.45, 7) is 5.53. The molecule has 2 aromatic carbocycles. The largest absolute Gasteiger partial charge is 0.339 e. The van der Waals surface area contributed by atoms with Crippen molar-refractivity contribution in [2.75, 3.05) is 31.5 Å². The van der Waals surface area contributed by atoms with E-state index in [0.29, 0.717) is 43.1 Å². The Bertz CT molecular complexity index is 953. The van der Waals surface area contributed by atoms with Gasteiger partial charge in [-0.3, -0.25) is 14.4 Å². The van der Waals surface area contributed by atoms with Crippen molar-refractivity contribution in [3.05, 3.63) is 64.7 Å². The molecule has 0 aromatic heterocycles. The van der Waals surface area contributed by atoms with Crippen LogP contribution in [0.4, 0.5) is 5.69 Å². The van der Waals surface area contributed by atoms with Gasteiger partial charge in [0.25, 0.3) is 5.91 Å². The summed E-state index contributed by atoms with van der Waals surface area (Å²) in [4.78, 5) is 41.9. The van der Waals surface area contributed by atoms with Gasteiger partial charge in [0, 0.05) is 41.8 Å². The fraction of sp³-hybridized carbons (Fsp3) is 0.400. The molecule has 0 radical (unpaired) electrons. The molecular weight excluding hydrogens is 426 g/mol. The number of hydrogen-bond donors (Lipinski definition) is 1. The third-order valence-corrected chi connectivity index (χ3v) is 6.03. The Hall–Kier alpha value is -2.86. The molecule has 7 heteroatoms. The first-order chi connectivity index (χ1) is 15.4. The number of likely N-dealkylation sites (tertiary alicyclic amines) is 1. The Morgan fingerprint density at radius 2 is 1.72 bits per heavy atom. The first-order valence-corrected chi connectivity index (χ1v) is 11.5. The number of benzene rings is 2. The van der Waals surface area contributed by atoms with Crippen molar-refractivity contribution >= 4 is 35.0 Å². The fourth-order valence-electron chi connectivity index (χ4n) is 3.98. The molecule has 1 aliphatic heterocycles. The zero-order valence-corrected chi connectivity index (χ0v) is 19.4. The zero-order valence-electron chi connectivity index (χ0n) is 18.6. The van der Waals surface area contributed by atoms with Crippen molar-refractivity contribution in [1.82, 2.24) is 9.80 Å². The first-order valence-electron chi connectivity index (χ1n) is 11.1. The van der Waals surface area contributed by atoms with Gasteiger partial charge in [-0.15, -0.1) is 0 Å². The summed E-state index contributed by atoms with van der Waals surface area (Å²) in [6.07, 6.45) is 1.97. The number of para-hydroxylation sites is 1. The average molecular weight is 456 g/mol. The van der Waals surface area contributed by atoms with Crippen molar-refractivity contribution in [2.45, 2.75) is 33.1 Å².